The number of hydrogen-bond acceptors (Lipinski definition) is 7. The average Bonchev–Trinajstić information content (AvgIpc) is 3.25. The Kier molecular flexibility index (Phi) is 7.35. The van der Waals surface area contributed by atoms with Crippen LogP contribution in [0.15, 0.2) is 35.0 Å². The van der Waals surface area contributed by atoms with Gasteiger partial charge in [-0.3, -0.25) is 4.79 Å². The van der Waals surface area contributed by atoms with Crippen molar-refractivity contribution in [2.24, 2.45) is 5.92 Å². The summed E-state index contributed by atoms with van der Waals surface area (Å²) in [6.45, 7) is 2.52. The number of carbonyl (C=O) groups is 1. The van der Waals surface area contributed by atoms with Gasteiger partial charge in [0.15, 0.2) is 17.4 Å². The number of aryl methyl sites for hydroxylation is 1. The summed E-state index contributed by atoms with van der Waals surface area (Å²) in [7, 11) is 0. The van der Waals surface area contributed by atoms with Crippen molar-refractivity contribution in [1.82, 2.24) is 20.4 Å². The zero-order chi connectivity index (χ0) is 23.4. The number of pyridine rings is 1. The molecule has 0 unspecified atom stereocenters. The number of benzene rings is 1. The monoisotopic (exact) mass is 489 g/mol. The number of rotatable bonds is 7. The molecule has 8 nitrogen and oxygen atoms in total. The van der Waals surface area contributed by atoms with E-state index in [0.29, 0.717) is 57.0 Å². The van der Waals surface area contributed by atoms with Crippen molar-refractivity contribution < 1.29 is 14.1 Å². The lowest BCUT2D eigenvalue weighted by Gasteiger charge is -2.26. The van der Waals surface area contributed by atoms with E-state index in [0.717, 1.165) is 25.7 Å². The fraction of sp³-hybridized carbons (Fsp3) is 0.391. The van der Waals surface area contributed by atoms with Gasteiger partial charge in [0, 0.05) is 34.3 Å². The van der Waals surface area contributed by atoms with Crippen LogP contribution in [0.5, 0.6) is 5.75 Å². The molecule has 3 aromatic rings. The summed E-state index contributed by atoms with van der Waals surface area (Å²) in [5.41, 5.74) is 6.95. The number of anilines is 1. The zero-order valence-electron chi connectivity index (χ0n) is 18.2. The maximum atomic E-state index is 12.7. The van der Waals surface area contributed by atoms with Gasteiger partial charge in [0.25, 0.3) is 5.91 Å². The molecule has 0 saturated heterocycles. The molecule has 1 fully saturated rings. The van der Waals surface area contributed by atoms with E-state index in [1.807, 2.05) is 6.92 Å². The Morgan fingerprint density at radius 3 is 2.64 bits per heavy atom. The molecular weight excluding hydrogens is 465 g/mol. The summed E-state index contributed by atoms with van der Waals surface area (Å²) in [6, 6.07) is 6.80. The maximum Gasteiger partial charge on any atom is 0.252 e. The Morgan fingerprint density at radius 1 is 1.24 bits per heavy atom. The minimum absolute atomic E-state index is 0.109. The van der Waals surface area contributed by atoms with Gasteiger partial charge in [-0.2, -0.15) is 4.98 Å². The first-order chi connectivity index (χ1) is 15.9. The Labute approximate surface area is 201 Å². The molecule has 4 rings (SSSR count). The minimum atomic E-state index is -0.224. The highest BCUT2D eigenvalue weighted by atomic mass is 35.5. The molecule has 2 heterocycles. The number of nitrogens with one attached hydrogen (secondary N) is 1. The summed E-state index contributed by atoms with van der Waals surface area (Å²) in [5, 5.41) is 7.86. The molecule has 0 bridgehead atoms. The zero-order valence-corrected chi connectivity index (χ0v) is 19.7. The fourth-order valence-corrected chi connectivity index (χ4v) is 4.45. The lowest BCUT2D eigenvalue weighted by molar-refractivity contribution is 0.0941. The summed E-state index contributed by atoms with van der Waals surface area (Å²) in [6.07, 6.45) is 5.34. The first-order valence-electron chi connectivity index (χ1n) is 10.8. The van der Waals surface area contributed by atoms with Gasteiger partial charge < -0.3 is 20.3 Å². The van der Waals surface area contributed by atoms with Crippen LogP contribution in [0.25, 0.3) is 0 Å². The van der Waals surface area contributed by atoms with Gasteiger partial charge in [0.1, 0.15) is 6.61 Å². The fourth-order valence-electron chi connectivity index (χ4n) is 3.95. The first kappa shape index (κ1) is 23.3. The second-order valence-electron chi connectivity index (χ2n) is 8.20. The third-order valence-corrected chi connectivity index (χ3v) is 6.58. The number of nitrogens with zero attached hydrogens (tertiary/aromatic N) is 3. The van der Waals surface area contributed by atoms with Gasteiger partial charge >= 0.3 is 0 Å². The minimum Gasteiger partial charge on any atom is -0.485 e. The number of ether oxygens (including phenoxy) is 1. The lowest BCUT2D eigenvalue weighted by atomic mass is 9.82. The maximum absolute atomic E-state index is 12.7. The van der Waals surface area contributed by atoms with Crippen LogP contribution in [-0.2, 0) is 6.61 Å². The van der Waals surface area contributed by atoms with Crippen molar-refractivity contribution in [3.8, 4) is 5.75 Å². The highest BCUT2D eigenvalue weighted by Gasteiger charge is 2.26. The van der Waals surface area contributed by atoms with Gasteiger partial charge in [0.2, 0.25) is 5.89 Å². The topological polar surface area (TPSA) is 116 Å². The Morgan fingerprint density at radius 2 is 1.97 bits per heavy atom. The van der Waals surface area contributed by atoms with E-state index >= 15 is 0 Å². The van der Waals surface area contributed by atoms with Gasteiger partial charge in [-0.25, -0.2) is 4.98 Å². The molecule has 2 aromatic heterocycles. The number of aromatic nitrogens is 3. The molecule has 174 valence electrons. The molecule has 0 aliphatic heterocycles. The number of halogens is 2. The molecule has 1 amide bonds. The van der Waals surface area contributed by atoms with Gasteiger partial charge in [-0.05, 0) is 56.7 Å². The number of nitrogen functional groups attached to an aromatic ring is 1. The van der Waals surface area contributed by atoms with Crippen LogP contribution in [0.2, 0.25) is 10.0 Å². The summed E-state index contributed by atoms with van der Waals surface area (Å²) in [4.78, 5) is 21.1. The Balaban J connectivity index is 1.30. The normalized spacial score (nSPS) is 18.2. The van der Waals surface area contributed by atoms with Crippen LogP contribution < -0.4 is 15.8 Å². The lowest BCUT2D eigenvalue weighted by Crippen LogP contribution is -2.31. The van der Waals surface area contributed by atoms with Crippen molar-refractivity contribution >= 4 is 34.9 Å². The summed E-state index contributed by atoms with van der Waals surface area (Å²) in [5.74, 6) is 2.33. The van der Waals surface area contributed by atoms with Crippen LogP contribution in [0.1, 0.15) is 59.2 Å². The molecule has 1 saturated carbocycles. The third kappa shape index (κ3) is 5.75. The van der Waals surface area contributed by atoms with Crippen molar-refractivity contribution in [2.75, 3.05) is 12.3 Å². The van der Waals surface area contributed by atoms with Gasteiger partial charge in [-0.1, -0.05) is 34.4 Å². The number of nitrogens with two attached hydrogens (primary N) is 1. The van der Waals surface area contributed by atoms with Crippen molar-refractivity contribution in [2.45, 2.75) is 45.1 Å². The molecular formula is C23H25Cl2N5O3. The van der Waals surface area contributed by atoms with E-state index in [1.54, 1.807) is 24.3 Å². The molecule has 1 aliphatic rings. The number of hydrogen-bond donors (Lipinski definition) is 2. The molecule has 3 N–H and O–H groups in total. The van der Waals surface area contributed by atoms with E-state index < -0.39 is 0 Å². The summed E-state index contributed by atoms with van der Waals surface area (Å²) >= 11 is 12.4. The predicted molar refractivity (Wildman–Crippen MR) is 126 cm³/mol. The number of carbonyl (C=O) groups excluding carboxylic acids is 1. The Hall–Kier alpha value is -2.84. The van der Waals surface area contributed by atoms with E-state index in [4.69, 9.17) is 38.2 Å². The molecule has 1 aromatic carbocycles. The third-order valence-electron chi connectivity index (χ3n) is 5.87. The average molecular weight is 490 g/mol. The molecule has 0 atom stereocenters. The van der Waals surface area contributed by atoms with Gasteiger partial charge in [-0.15, -0.1) is 0 Å². The van der Waals surface area contributed by atoms with Crippen LogP contribution >= 0.6 is 23.2 Å². The van der Waals surface area contributed by atoms with Crippen molar-refractivity contribution in [3.05, 3.63) is 63.3 Å². The summed E-state index contributed by atoms with van der Waals surface area (Å²) < 4.78 is 11.1. The predicted octanol–water partition coefficient (Wildman–Crippen LogP) is 4.94. The number of amides is 1. The largest absolute Gasteiger partial charge is 0.485 e. The quantitative estimate of drug-likeness (QED) is 0.482. The second-order valence-corrected chi connectivity index (χ2v) is 9.02. The second kappa shape index (κ2) is 10.4. The van der Waals surface area contributed by atoms with Gasteiger partial charge in [0.05, 0.1) is 5.56 Å². The van der Waals surface area contributed by atoms with E-state index in [-0.39, 0.29) is 18.3 Å². The highest BCUT2D eigenvalue weighted by molar-refractivity contribution is 6.35. The van der Waals surface area contributed by atoms with E-state index in [9.17, 15) is 4.79 Å². The molecule has 0 radical (unpaired) electrons. The van der Waals surface area contributed by atoms with Crippen LogP contribution in [0.4, 0.5) is 5.82 Å². The van der Waals surface area contributed by atoms with Crippen LogP contribution in [-0.4, -0.2) is 27.6 Å². The van der Waals surface area contributed by atoms with Crippen molar-refractivity contribution in [1.29, 1.82) is 0 Å². The van der Waals surface area contributed by atoms with Crippen LogP contribution in [0, 0.1) is 12.8 Å². The SMILES string of the molecule is Cc1noc(C2CCC(CNC(=O)c3cnc(N)c(OCc4c(Cl)cccc4Cl)c3)CC2)n1. The van der Waals surface area contributed by atoms with Crippen LogP contribution in [0.3, 0.4) is 0 Å². The molecule has 10 heteroatoms. The molecule has 33 heavy (non-hydrogen) atoms. The van der Waals surface area contributed by atoms with E-state index in [1.165, 1.54) is 6.20 Å². The Bertz CT molecular complexity index is 1110. The van der Waals surface area contributed by atoms with Crippen molar-refractivity contribution in [3.63, 3.8) is 0 Å². The molecule has 1 aliphatic carbocycles. The standard InChI is InChI=1S/C23H25Cl2N5O3/c1-13-29-23(33-30-13)15-7-5-14(6-8-15)10-28-22(31)16-9-20(21(26)27-11-16)32-12-17-18(24)3-2-4-19(17)25/h2-4,9,11,14-15H,5-8,10,12H2,1H3,(H2,26,27)(H,28,31). The van der Waals surface area contributed by atoms with E-state index in [2.05, 4.69) is 20.4 Å². The first-order valence-corrected chi connectivity index (χ1v) is 11.6. The smallest absolute Gasteiger partial charge is 0.252 e. The highest BCUT2D eigenvalue weighted by Crippen LogP contribution is 2.35. The molecule has 0 spiro atoms.